The molecular formula is C18H24N4O2. The number of benzene rings is 1. The Kier molecular flexibility index (Phi) is 5.25. The standard InChI is InChI=1S/C18H24N4O2/c1-13(2)18-21-20-12-22(18)9-8-19-17(23)11-16-15-6-4-3-5-14(15)7-10-24-16/h3-6,12-13,16H,7-11H2,1-2H3,(H,19,23)/t16-/m0/s1. The van der Waals surface area contributed by atoms with Crippen molar-refractivity contribution in [2.75, 3.05) is 13.2 Å². The molecule has 128 valence electrons. The lowest BCUT2D eigenvalue weighted by Crippen LogP contribution is -2.30. The molecule has 6 nitrogen and oxygen atoms in total. The molecule has 1 aromatic heterocycles. The fourth-order valence-electron chi connectivity index (χ4n) is 3.09. The van der Waals surface area contributed by atoms with Crippen molar-refractivity contribution in [3.8, 4) is 0 Å². The van der Waals surface area contributed by atoms with Gasteiger partial charge in [-0.3, -0.25) is 4.79 Å². The maximum absolute atomic E-state index is 12.2. The van der Waals surface area contributed by atoms with E-state index in [2.05, 4.69) is 41.5 Å². The van der Waals surface area contributed by atoms with Gasteiger partial charge in [-0.05, 0) is 17.5 Å². The van der Waals surface area contributed by atoms with Gasteiger partial charge in [-0.1, -0.05) is 38.1 Å². The Morgan fingerprint density at radius 3 is 3.08 bits per heavy atom. The topological polar surface area (TPSA) is 69.0 Å². The molecule has 0 spiro atoms. The van der Waals surface area contributed by atoms with E-state index in [0.29, 0.717) is 32.0 Å². The number of aromatic nitrogens is 3. The van der Waals surface area contributed by atoms with Crippen molar-refractivity contribution >= 4 is 5.91 Å². The second kappa shape index (κ2) is 7.57. The molecule has 0 saturated carbocycles. The van der Waals surface area contributed by atoms with Gasteiger partial charge in [-0.25, -0.2) is 0 Å². The molecular weight excluding hydrogens is 304 g/mol. The summed E-state index contributed by atoms with van der Waals surface area (Å²) in [6.45, 7) is 6.07. The van der Waals surface area contributed by atoms with Crippen LogP contribution in [0.25, 0.3) is 0 Å². The average Bonchev–Trinajstić information content (AvgIpc) is 3.04. The quantitative estimate of drug-likeness (QED) is 0.883. The zero-order valence-electron chi connectivity index (χ0n) is 14.2. The van der Waals surface area contributed by atoms with Gasteiger partial charge >= 0.3 is 0 Å². The van der Waals surface area contributed by atoms with Crippen molar-refractivity contribution in [1.29, 1.82) is 0 Å². The van der Waals surface area contributed by atoms with Gasteiger partial charge in [0.05, 0.1) is 19.1 Å². The zero-order valence-corrected chi connectivity index (χ0v) is 14.2. The number of carbonyl (C=O) groups excluding carboxylic acids is 1. The first-order valence-electron chi connectivity index (χ1n) is 8.49. The van der Waals surface area contributed by atoms with E-state index >= 15 is 0 Å². The van der Waals surface area contributed by atoms with Crippen molar-refractivity contribution in [3.05, 3.63) is 47.5 Å². The molecule has 1 aromatic carbocycles. The Hall–Kier alpha value is -2.21. The van der Waals surface area contributed by atoms with Crippen LogP contribution >= 0.6 is 0 Å². The largest absolute Gasteiger partial charge is 0.373 e. The van der Waals surface area contributed by atoms with Gasteiger partial charge in [0.1, 0.15) is 12.2 Å². The van der Waals surface area contributed by atoms with E-state index < -0.39 is 0 Å². The highest BCUT2D eigenvalue weighted by molar-refractivity contribution is 5.76. The number of carbonyl (C=O) groups is 1. The summed E-state index contributed by atoms with van der Waals surface area (Å²) >= 11 is 0. The molecule has 2 aromatic rings. The van der Waals surface area contributed by atoms with Gasteiger partial charge in [-0.2, -0.15) is 0 Å². The van der Waals surface area contributed by atoms with Crippen LogP contribution in [0.4, 0.5) is 0 Å². The molecule has 0 radical (unpaired) electrons. The number of nitrogens with zero attached hydrogens (tertiary/aromatic N) is 3. The van der Waals surface area contributed by atoms with Crippen LogP contribution in [-0.4, -0.2) is 33.8 Å². The third-order valence-electron chi connectivity index (χ3n) is 4.30. The van der Waals surface area contributed by atoms with Gasteiger partial charge in [0.2, 0.25) is 5.91 Å². The average molecular weight is 328 g/mol. The van der Waals surface area contributed by atoms with E-state index in [1.807, 2.05) is 16.7 Å². The lowest BCUT2D eigenvalue weighted by molar-refractivity contribution is -0.124. The van der Waals surface area contributed by atoms with Crippen LogP contribution in [0.15, 0.2) is 30.6 Å². The van der Waals surface area contributed by atoms with E-state index in [0.717, 1.165) is 17.8 Å². The fraction of sp³-hybridized carbons (Fsp3) is 0.500. The number of ether oxygens (including phenoxy) is 1. The first kappa shape index (κ1) is 16.6. The molecule has 0 saturated heterocycles. The Morgan fingerprint density at radius 1 is 1.42 bits per heavy atom. The highest BCUT2D eigenvalue weighted by Crippen LogP contribution is 2.29. The summed E-state index contributed by atoms with van der Waals surface area (Å²) in [6.07, 6.45) is 2.84. The maximum atomic E-state index is 12.2. The Balaban J connectivity index is 1.51. The number of hydrogen-bond acceptors (Lipinski definition) is 4. The first-order valence-corrected chi connectivity index (χ1v) is 8.49. The minimum atomic E-state index is -0.143. The molecule has 0 aliphatic carbocycles. The van der Waals surface area contributed by atoms with Gasteiger partial charge in [0.15, 0.2) is 0 Å². The molecule has 0 fully saturated rings. The van der Waals surface area contributed by atoms with Crippen molar-refractivity contribution in [2.24, 2.45) is 0 Å². The third-order valence-corrected chi connectivity index (χ3v) is 4.30. The van der Waals surface area contributed by atoms with Crippen LogP contribution in [0.5, 0.6) is 0 Å². The van der Waals surface area contributed by atoms with Gasteiger partial charge in [0, 0.05) is 19.0 Å². The molecule has 1 aliphatic rings. The number of rotatable bonds is 6. The van der Waals surface area contributed by atoms with Gasteiger partial charge < -0.3 is 14.6 Å². The van der Waals surface area contributed by atoms with Crippen LogP contribution < -0.4 is 5.32 Å². The Bertz CT molecular complexity index is 696. The maximum Gasteiger partial charge on any atom is 0.223 e. The summed E-state index contributed by atoms with van der Waals surface area (Å²) in [6, 6.07) is 8.20. The van der Waals surface area contributed by atoms with E-state index in [1.165, 1.54) is 5.56 Å². The third kappa shape index (κ3) is 3.82. The summed E-state index contributed by atoms with van der Waals surface area (Å²) in [5, 5.41) is 11.0. The smallest absolute Gasteiger partial charge is 0.223 e. The lowest BCUT2D eigenvalue weighted by atomic mass is 9.96. The number of nitrogens with one attached hydrogen (secondary N) is 1. The molecule has 24 heavy (non-hydrogen) atoms. The van der Waals surface area contributed by atoms with Gasteiger partial charge in [-0.15, -0.1) is 10.2 Å². The summed E-state index contributed by atoms with van der Waals surface area (Å²) in [4.78, 5) is 12.2. The second-order valence-corrected chi connectivity index (χ2v) is 6.40. The molecule has 2 heterocycles. The number of fused-ring (bicyclic) bond motifs is 1. The fourth-order valence-corrected chi connectivity index (χ4v) is 3.09. The number of hydrogen-bond donors (Lipinski definition) is 1. The molecule has 1 aliphatic heterocycles. The summed E-state index contributed by atoms with van der Waals surface area (Å²) in [7, 11) is 0. The SMILES string of the molecule is CC(C)c1nncn1CCNC(=O)C[C@@H]1OCCc2ccccc21. The first-order chi connectivity index (χ1) is 11.6. The van der Waals surface area contributed by atoms with Crippen LogP contribution in [0.1, 0.15) is 49.2 Å². The van der Waals surface area contributed by atoms with Crippen molar-refractivity contribution in [2.45, 2.75) is 45.3 Å². The van der Waals surface area contributed by atoms with Crippen LogP contribution in [0, 0.1) is 0 Å². The second-order valence-electron chi connectivity index (χ2n) is 6.40. The molecule has 1 N–H and O–H groups in total. The van der Waals surface area contributed by atoms with E-state index in [-0.39, 0.29) is 12.0 Å². The van der Waals surface area contributed by atoms with Crippen molar-refractivity contribution in [3.63, 3.8) is 0 Å². The van der Waals surface area contributed by atoms with E-state index in [4.69, 9.17) is 4.74 Å². The summed E-state index contributed by atoms with van der Waals surface area (Å²) < 4.78 is 7.78. The summed E-state index contributed by atoms with van der Waals surface area (Å²) in [5.74, 6) is 1.26. The molecule has 1 amide bonds. The lowest BCUT2D eigenvalue weighted by Gasteiger charge is -2.25. The molecule has 0 unspecified atom stereocenters. The number of amides is 1. The summed E-state index contributed by atoms with van der Waals surface area (Å²) in [5.41, 5.74) is 2.42. The van der Waals surface area contributed by atoms with Crippen LogP contribution in [0.2, 0.25) is 0 Å². The van der Waals surface area contributed by atoms with Crippen molar-refractivity contribution < 1.29 is 9.53 Å². The normalized spacial score (nSPS) is 16.9. The molecule has 1 atom stereocenters. The minimum Gasteiger partial charge on any atom is -0.373 e. The molecule has 6 heteroatoms. The highest BCUT2D eigenvalue weighted by atomic mass is 16.5. The Morgan fingerprint density at radius 2 is 2.25 bits per heavy atom. The van der Waals surface area contributed by atoms with Crippen molar-refractivity contribution in [1.82, 2.24) is 20.1 Å². The van der Waals surface area contributed by atoms with Gasteiger partial charge in [0.25, 0.3) is 0 Å². The van der Waals surface area contributed by atoms with Crippen LogP contribution in [0.3, 0.4) is 0 Å². The molecule has 0 bridgehead atoms. The Labute approximate surface area is 142 Å². The van der Waals surface area contributed by atoms with E-state index in [9.17, 15) is 4.79 Å². The van der Waals surface area contributed by atoms with Crippen LogP contribution in [-0.2, 0) is 22.5 Å². The van der Waals surface area contributed by atoms with E-state index in [1.54, 1.807) is 6.33 Å². The monoisotopic (exact) mass is 328 g/mol. The zero-order chi connectivity index (χ0) is 16.9. The minimum absolute atomic E-state index is 0.0101. The highest BCUT2D eigenvalue weighted by Gasteiger charge is 2.22. The predicted octanol–water partition coefficient (Wildman–Crippen LogP) is 2.22. The predicted molar refractivity (Wildman–Crippen MR) is 90.6 cm³/mol. The molecule has 3 rings (SSSR count).